The number of benzene rings is 1. The van der Waals surface area contributed by atoms with E-state index in [2.05, 4.69) is 35.8 Å². The van der Waals surface area contributed by atoms with Crippen LogP contribution >= 0.6 is 0 Å². The van der Waals surface area contributed by atoms with E-state index in [9.17, 15) is 4.79 Å². The van der Waals surface area contributed by atoms with Gasteiger partial charge in [-0.15, -0.1) is 0 Å². The SMILES string of the molecule is Cc1cccc(CNCCC(=O)NCc2ccco2)c1. The fourth-order valence-electron chi connectivity index (χ4n) is 1.94. The van der Waals surface area contributed by atoms with Gasteiger partial charge in [-0.1, -0.05) is 29.8 Å². The lowest BCUT2D eigenvalue weighted by molar-refractivity contribution is -0.121. The van der Waals surface area contributed by atoms with Crippen molar-refractivity contribution < 1.29 is 9.21 Å². The molecule has 0 saturated heterocycles. The Hall–Kier alpha value is -2.07. The van der Waals surface area contributed by atoms with E-state index < -0.39 is 0 Å². The maximum atomic E-state index is 11.6. The zero-order valence-corrected chi connectivity index (χ0v) is 11.7. The Kier molecular flexibility index (Phi) is 5.38. The van der Waals surface area contributed by atoms with E-state index in [1.165, 1.54) is 11.1 Å². The van der Waals surface area contributed by atoms with Gasteiger partial charge in [0.25, 0.3) is 0 Å². The van der Waals surface area contributed by atoms with Crippen molar-refractivity contribution in [3.8, 4) is 0 Å². The summed E-state index contributed by atoms with van der Waals surface area (Å²) in [6.07, 6.45) is 2.07. The van der Waals surface area contributed by atoms with Crippen LogP contribution in [-0.4, -0.2) is 12.5 Å². The third-order valence-corrected chi connectivity index (χ3v) is 2.98. The number of aryl methyl sites for hydroxylation is 1. The summed E-state index contributed by atoms with van der Waals surface area (Å²) in [4.78, 5) is 11.6. The molecule has 0 radical (unpaired) electrons. The molecule has 1 heterocycles. The van der Waals surface area contributed by atoms with Gasteiger partial charge in [0.1, 0.15) is 5.76 Å². The molecule has 1 aromatic carbocycles. The first kappa shape index (κ1) is 14.3. The highest BCUT2D eigenvalue weighted by atomic mass is 16.3. The largest absolute Gasteiger partial charge is 0.467 e. The normalized spacial score (nSPS) is 10.4. The minimum absolute atomic E-state index is 0.0261. The van der Waals surface area contributed by atoms with Gasteiger partial charge in [-0.25, -0.2) is 0 Å². The highest BCUT2D eigenvalue weighted by Gasteiger charge is 2.02. The van der Waals surface area contributed by atoms with Crippen molar-refractivity contribution in [1.29, 1.82) is 0 Å². The molecule has 20 heavy (non-hydrogen) atoms. The number of nitrogens with one attached hydrogen (secondary N) is 2. The quantitative estimate of drug-likeness (QED) is 0.761. The third kappa shape index (κ3) is 4.90. The molecule has 0 aliphatic heterocycles. The first-order valence-electron chi connectivity index (χ1n) is 6.79. The Labute approximate surface area is 119 Å². The second kappa shape index (κ2) is 7.50. The maximum absolute atomic E-state index is 11.6. The molecule has 1 amide bonds. The Morgan fingerprint density at radius 3 is 2.85 bits per heavy atom. The molecule has 2 aromatic rings. The van der Waals surface area contributed by atoms with Crippen molar-refractivity contribution in [2.24, 2.45) is 0 Å². The molecule has 1 aromatic heterocycles. The summed E-state index contributed by atoms with van der Waals surface area (Å²) < 4.78 is 5.15. The van der Waals surface area contributed by atoms with E-state index in [0.29, 0.717) is 19.5 Å². The summed E-state index contributed by atoms with van der Waals surface area (Å²) in [7, 11) is 0. The Morgan fingerprint density at radius 2 is 2.10 bits per heavy atom. The van der Waals surface area contributed by atoms with Crippen LogP contribution in [0.4, 0.5) is 0 Å². The summed E-state index contributed by atoms with van der Waals surface area (Å²) >= 11 is 0. The summed E-state index contributed by atoms with van der Waals surface area (Å²) in [5.74, 6) is 0.796. The summed E-state index contributed by atoms with van der Waals surface area (Å²) in [6.45, 7) is 3.97. The van der Waals surface area contributed by atoms with Crippen LogP contribution in [0, 0.1) is 6.92 Å². The highest BCUT2D eigenvalue weighted by molar-refractivity contribution is 5.75. The number of amides is 1. The second-order valence-corrected chi connectivity index (χ2v) is 4.77. The number of rotatable bonds is 7. The van der Waals surface area contributed by atoms with Crippen LogP contribution in [0.5, 0.6) is 0 Å². The van der Waals surface area contributed by atoms with E-state index in [4.69, 9.17) is 4.42 Å². The minimum atomic E-state index is 0.0261. The molecule has 0 spiro atoms. The lowest BCUT2D eigenvalue weighted by atomic mass is 10.1. The molecule has 0 aliphatic carbocycles. The average Bonchev–Trinajstić information content (AvgIpc) is 2.95. The van der Waals surface area contributed by atoms with Gasteiger partial charge in [-0.3, -0.25) is 4.79 Å². The monoisotopic (exact) mass is 272 g/mol. The van der Waals surface area contributed by atoms with E-state index in [-0.39, 0.29) is 5.91 Å². The molecule has 0 atom stereocenters. The predicted octanol–water partition coefficient (Wildman–Crippen LogP) is 2.38. The van der Waals surface area contributed by atoms with Crippen LogP contribution in [0.3, 0.4) is 0 Å². The van der Waals surface area contributed by atoms with Crippen molar-refractivity contribution in [2.75, 3.05) is 6.54 Å². The molecule has 2 rings (SSSR count). The molecular formula is C16H20N2O2. The van der Waals surface area contributed by atoms with Gasteiger partial charge in [0, 0.05) is 19.5 Å². The smallest absolute Gasteiger partial charge is 0.221 e. The standard InChI is InChI=1S/C16H20N2O2/c1-13-4-2-5-14(10-13)11-17-8-7-16(19)18-12-15-6-3-9-20-15/h2-6,9-10,17H,7-8,11-12H2,1H3,(H,18,19). The number of hydrogen-bond acceptors (Lipinski definition) is 3. The summed E-state index contributed by atoms with van der Waals surface area (Å²) in [5.41, 5.74) is 2.49. The van der Waals surface area contributed by atoms with Gasteiger partial charge in [0.2, 0.25) is 5.91 Å². The van der Waals surface area contributed by atoms with Crippen LogP contribution in [0.2, 0.25) is 0 Å². The average molecular weight is 272 g/mol. The van der Waals surface area contributed by atoms with Crippen molar-refractivity contribution in [1.82, 2.24) is 10.6 Å². The molecular weight excluding hydrogens is 252 g/mol. The van der Waals surface area contributed by atoms with Gasteiger partial charge in [0.05, 0.1) is 12.8 Å². The maximum Gasteiger partial charge on any atom is 0.221 e. The van der Waals surface area contributed by atoms with Crippen LogP contribution in [0.25, 0.3) is 0 Å². The highest BCUT2D eigenvalue weighted by Crippen LogP contribution is 2.03. The minimum Gasteiger partial charge on any atom is -0.467 e. The molecule has 4 nitrogen and oxygen atoms in total. The molecule has 0 bridgehead atoms. The van der Waals surface area contributed by atoms with Gasteiger partial charge in [-0.05, 0) is 24.6 Å². The topological polar surface area (TPSA) is 54.3 Å². The van der Waals surface area contributed by atoms with Gasteiger partial charge >= 0.3 is 0 Å². The third-order valence-electron chi connectivity index (χ3n) is 2.98. The summed E-state index contributed by atoms with van der Waals surface area (Å²) in [5, 5.41) is 6.09. The fraction of sp³-hybridized carbons (Fsp3) is 0.312. The Bertz CT molecular complexity index is 535. The molecule has 0 unspecified atom stereocenters. The number of furan rings is 1. The predicted molar refractivity (Wildman–Crippen MR) is 78.1 cm³/mol. The van der Waals surface area contributed by atoms with E-state index >= 15 is 0 Å². The van der Waals surface area contributed by atoms with Crippen LogP contribution in [-0.2, 0) is 17.9 Å². The molecule has 0 saturated carbocycles. The van der Waals surface area contributed by atoms with Gasteiger partial charge in [-0.2, -0.15) is 0 Å². The lowest BCUT2D eigenvalue weighted by Crippen LogP contribution is -2.27. The number of carbonyl (C=O) groups excluding carboxylic acids is 1. The summed E-state index contributed by atoms with van der Waals surface area (Å²) in [6, 6.07) is 12.0. The number of carbonyl (C=O) groups is 1. The zero-order valence-electron chi connectivity index (χ0n) is 11.7. The first-order valence-corrected chi connectivity index (χ1v) is 6.79. The van der Waals surface area contributed by atoms with Crippen LogP contribution in [0.1, 0.15) is 23.3 Å². The molecule has 0 aliphatic rings. The molecule has 0 fully saturated rings. The molecule has 4 heteroatoms. The van der Waals surface area contributed by atoms with Crippen molar-refractivity contribution >= 4 is 5.91 Å². The van der Waals surface area contributed by atoms with E-state index in [1.807, 2.05) is 18.2 Å². The van der Waals surface area contributed by atoms with Crippen molar-refractivity contribution in [2.45, 2.75) is 26.4 Å². The van der Waals surface area contributed by atoms with Crippen molar-refractivity contribution in [3.63, 3.8) is 0 Å². The Balaban J connectivity index is 1.59. The lowest BCUT2D eigenvalue weighted by Gasteiger charge is -2.06. The van der Waals surface area contributed by atoms with Crippen LogP contribution < -0.4 is 10.6 Å². The first-order chi connectivity index (χ1) is 9.74. The van der Waals surface area contributed by atoms with Crippen LogP contribution in [0.15, 0.2) is 47.1 Å². The van der Waals surface area contributed by atoms with Crippen molar-refractivity contribution in [3.05, 3.63) is 59.5 Å². The van der Waals surface area contributed by atoms with E-state index in [1.54, 1.807) is 6.26 Å². The fourth-order valence-corrected chi connectivity index (χ4v) is 1.94. The molecule has 2 N–H and O–H groups in total. The zero-order chi connectivity index (χ0) is 14.2. The molecule has 106 valence electrons. The van der Waals surface area contributed by atoms with Gasteiger partial charge < -0.3 is 15.1 Å². The number of hydrogen-bond donors (Lipinski definition) is 2. The Morgan fingerprint density at radius 1 is 1.20 bits per heavy atom. The second-order valence-electron chi connectivity index (χ2n) is 4.77. The van der Waals surface area contributed by atoms with E-state index in [0.717, 1.165) is 12.3 Å². The van der Waals surface area contributed by atoms with Gasteiger partial charge in [0.15, 0.2) is 0 Å².